The normalized spacial score (nSPS) is 19.9. The Morgan fingerprint density at radius 3 is 2.73 bits per heavy atom. The van der Waals surface area contributed by atoms with Gasteiger partial charge in [-0.3, -0.25) is 0 Å². The van der Waals surface area contributed by atoms with Crippen LogP contribution in [-0.4, -0.2) is 13.2 Å². The molecular weight excluding hydrogens is 186 g/mol. The van der Waals surface area contributed by atoms with Crippen molar-refractivity contribution >= 4 is 0 Å². The van der Waals surface area contributed by atoms with Crippen molar-refractivity contribution in [3.63, 3.8) is 0 Å². The maximum atomic E-state index is 5.66. The number of ether oxygens (including phenoxy) is 1. The van der Waals surface area contributed by atoms with Crippen LogP contribution in [0.15, 0.2) is 24.3 Å². The topological polar surface area (TPSA) is 35.2 Å². The van der Waals surface area contributed by atoms with Crippen LogP contribution in [0.4, 0.5) is 0 Å². The first-order valence-corrected chi connectivity index (χ1v) is 5.55. The van der Waals surface area contributed by atoms with Gasteiger partial charge in [0.25, 0.3) is 0 Å². The average molecular weight is 205 g/mol. The number of hydrogen-bond acceptors (Lipinski definition) is 2. The van der Waals surface area contributed by atoms with Gasteiger partial charge in [0.15, 0.2) is 0 Å². The Morgan fingerprint density at radius 2 is 2.20 bits per heavy atom. The molecule has 2 nitrogen and oxygen atoms in total. The molecule has 82 valence electrons. The Labute approximate surface area is 91.4 Å². The molecule has 1 aliphatic rings. The summed E-state index contributed by atoms with van der Waals surface area (Å²) in [5.74, 6) is 0. The van der Waals surface area contributed by atoms with Gasteiger partial charge in [0.05, 0.1) is 6.10 Å². The minimum Gasteiger partial charge on any atom is -0.381 e. The fourth-order valence-corrected chi connectivity index (χ4v) is 2.30. The van der Waals surface area contributed by atoms with Crippen LogP contribution in [0.1, 0.15) is 30.9 Å². The van der Waals surface area contributed by atoms with E-state index >= 15 is 0 Å². The highest BCUT2D eigenvalue weighted by atomic mass is 16.5. The molecule has 0 amide bonds. The third kappa shape index (κ3) is 1.80. The lowest BCUT2D eigenvalue weighted by atomic mass is 9.89. The molecular formula is C13H19NO. The minimum absolute atomic E-state index is 0.264. The van der Waals surface area contributed by atoms with Crippen molar-refractivity contribution in [3.05, 3.63) is 35.4 Å². The number of rotatable bonds is 4. The standard InChI is InChI=1S/C13H19NO/c1-10(15-2)13(6-7-13)12-5-3-4-11(8-12)9-14/h3-5,8,10H,6-7,9,14H2,1-2H3. The van der Waals surface area contributed by atoms with Crippen molar-refractivity contribution in [2.75, 3.05) is 7.11 Å². The van der Waals surface area contributed by atoms with E-state index in [2.05, 4.69) is 31.2 Å². The fourth-order valence-electron chi connectivity index (χ4n) is 2.30. The van der Waals surface area contributed by atoms with Crippen LogP contribution in [0.25, 0.3) is 0 Å². The largest absolute Gasteiger partial charge is 0.381 e. The van der Waals surface area contributed by atoms with Gasteiger partial charge in [-0.05, 0) is 30.9 Å². The Balaban J connectivity index is 2.29. The predicted octanol–water partition coefficient (Wildman–Crippen LogP) is 2.21. The highest BCUT2D eigenvalue weighted by Crippen LogP contribution is 2.51. The molecule has 0 heterocycles. The van der Waals surface area contributed by atoms with Gasteiger partial charge >= 0.3 is 0 Å². The Hall–Kier alpha value is -0.860. The fraction of sp³-hybridized carbons (Fsp3) is 0.538. The molecule has 1 unspecified atom stereocenters. The molecule has 2 N–H and O–H groups in total. The van der Waals surface area contributed by atoms with Crippen molar-refractivity contribution in [2.24, 2.45) is 5.73 Å². The van der Waals surface area contributed by atoms with E-state index in [0.29, 0.717) is 12.6 Å². The molecule has 1 saturated carbocycles. The van der Waals surface area contributed by atoms with Crippen LogP contribution in [0.2, 0.25) is 0 Å². The molecule has 0 aromatic heterocycles. The quantitative estimate of drug-likeness (QED) is 0.818. The van der Waals surface area contributed by atoms with E-state index in [4.69, 9.17) is 10.5 Å². The van der Waals surface area contributed by atoms with Gasteiger partial charge in [0.1, 0.15) is 0 Å². The molecule has 1 aromatic rings. The van der Waals surface area contributed by atoms with Gasteiger partial charge in [0.2, 0.25) is 0 Å². The maximum Gasteiger partial charge on any atom is 0.0639 e. The average Bonchev–Trinajstić information content (AvgIpc) is 3.09. The van der Waals surface area contributed by atoms with Gasteiger partial charge in [-0.25, -0.2) is 0 Å². The number of methoxy groups -OCH3 is 1. The number of benzene rings is 1. The zero-order chi connectivity index (χ0) is 10.9. The third-order valence-electron chi connectivity index (χ3n) is 3.66. The van der Waals surface area contributed by atoms with Crippen LogP contribution in [-0.2, 0) is 16.7 Å². The van der Waals surface area contributed by atoms with Crippen LogP contribution in [0, 0.1) is 0 Å². The van der Waals surface area contributed by atoms with Gasteiger partial charge in [-0.15, -0.1) is 0 Å². The van der Waals surface area contributed by atoms with Crippen LogP contribution in [0.3, 0.4) is 0 Å². The Bertz CT molecular complexity index is 344. The maximum absolute atomic E-state index is 5.66. The second-order valence-electron chi connectivity index (χ2n) is 4.44. The van der Waals surface area contributed by atoms with Gasteiger partial charge in [-0.1, -0.05) is 24.3 Å². The van der Waals surface area contributed by atoms with E-state index in [0.717, 1.165) is 0 Å². The van der Waals surface area contributed by atoms with Crippen molar-refractivity contribution in [1.29, 1.82) is 0 Å². The van der Waals surface area contributed by atoms with Crippen molar-refractivity contribution in [1.82, 2.24) is 0 Å². The molecule has 1 aromatic carbocycles. The van der Waals surface area contributed by atoms with Crippen LogP contribution in [0.5, 0.6) is 0 Å². The Morgan fingerprint density at radius 1 is 1.47 bits per heavy atom. The summed E-state index contributed by atoms with van der Waals surface area (Å²) >= 11 is 0. The molecule has 0 radical (unpaired) electrons. The van der Waals surface area contributed by atoms with Gasteiger partial charge < -0.3 is 10.5 Å². The molecule has 1 atom stereocenters. The molecule has 15 heavy (non-hydrogen) atoms. The van der Waals surface area contributed by atoms with Crippen LogP contribution < -0.4 is 5.73 Å². The highest BCUT2D eigenvalue weighted by molar-refractivity contribution is 5.36. The number of nitrogens with two attached hydrogens (primary N) is 1. The smallest absolute Gasteiger partial charge is 0.0639 e. The molecule has 2 rings (SSSR count). The summed E-state index contributed by atoms with van der Waals surface area (Å²) in [5, 5.41) is 0. The van der Waals surface area contributed by atoms with Crippen molar-refractivity contribution in [2.45, 2.75) is 37.8 Å². The lowest BCUT2D eigenvalue weighted by molar-refractivity contribution is 0.0850. The highest BCUT2D eigenvalue weighted by Gasteiger charge is 2.49. The lowest BCUT2D eigenvalue weighted by Crippen LogP contribution is -2.25. The molecule has 0 spiro atoms. The molecule has 0 bridgehead atoms. The monoisotopic (exact) mass is 205 g/mol. The second-order valence-corrected chi connectivity index (χ2v) is 4.44. The SMILES string of the molecule is COC(C)C1(c2cccc(CN)c2)CC1. The Kier molecular flexibility index (Phi) is 2.81. The first-order valence-electron chi connectivity index (χ1n) is 5.55. The van der Waals surface area contributed by atoms with E-state index in [1.54, 1.807) is 7.11 Å². The second kappa shape index (κ2) is 3.95. The summed E-state index contributed by atoms with van der Waals surface area (Å²) in [4.78, 5) is 0. The number of hydrogen-bond donors (Lipinski definition) is 1. The molecule has 1 fully saturated rings. The van der Waals surface area contributed by atoms with Crippen LogP contribution >= 0.6 is 0 Å². The lowest BCUT2D eigenvalue weighted by Gasteiger charge is -2.23. The first kappa shape index (κ1) is 10.7. The predicted molar refractivity (Wildman–Crippen MR) is 61.7 cm³/mol. The van der Waals surface area contributed by atoms with Crippen molar-refractivity contribution in [3.8, 4) is 0 Å². The summed E-state index contributed by atoms with van der Waals surface area (Å²) in [6, 6.07) is 8.60. The van der Waals surface area contributed by atoms with E-state index in [9.17, 15) is 0 Å². The zero-order valence-corrected chi connectivity index (χ0v) is 9.49. The summed E-state index contributed by atoms with van der Waals surface area (Å²) < 4.78 is 5.47. The zero-order valence-electron chi connectivity index (χ0n) is 9.49. The van der Waals surface area contributed by atoms with E-state index < -0.39 is 0 Å². The van der Waals surface area contributed by atoms with E-state index in [-0.39, 0.29) is 5.41 Å². The summed E-state index contributed by atoms with van der Waals surface area (Å²) in [6.07, 6.45) is 2.76. The van der Waals surface area contributed by atoms with Crippen molar-refractivity contribution < 1.29 is 4.74 Å². The summed E-state index contributed by atoms with van der Waals surface area (Å²) in [7, 11) is 1.79. The summed E-state index contributed by atoms with van der Waals surface area (Å²) in [5.41, 5.74) is 8.52. The third-order valence-corrected chi connectivity index (χ3v) is 3.66. The molecule has 2 heteroatoms. The molecule has 0 saturated heterocycles. The molecule has 1 aliphatic carbocycles. The van der Waals surface area contributed by atoms with Gasteiger partial charge in [-0.2, -0.15) is 0 Å². The van der Waals surface area contributed by atoms with E-state index in [1.807, 2.05) is 0 Å². The van der Waals surface area contributed by atoms with Gasteiger partial charge in [0, 0.05) is 19.1 Å². The molecule has 0 aliphatic heterocycles. The minimum atomic E-state index is 0.264. The summed E-state index contributed by atoms with van der Waals surface area (Å²) in [6.45, 7) is 2.77. The first-order chi connectivity index (χ1) is 7.23. The van der Waals surface area contributed by atoms with E-state index in [1.165, 1.54) is 24.0 Å².